The van der Waals surface area contributed by atoms with E-state index in [9.17, 15) is 0 Å². The molecular formula is C14H17BrN2OS. The van der Waals surface area contributed by atoms with Crippen molar-refractivity contribution in [1.29, 1.82) is 0 Å². The molecule has 0 spiro atoms. The molecule has 0 aliphatic heterocycles. The standard InChI is InChI=1S/C14H17BrN2OS/c1-14(2,3)12-8-19-13(17-12)7-18-11-6-9(16)4-5-10(11)15/h4-6,8H,7,16H2,1-3H3. The van der Waals surface area contributed by atoms with Crippen LogP contribution in [0.15, 0.2) is 28.1 Å². The molecule has 3 nitrogen and oxygen atoms in total. The molecule has 19 heavy (non-hydrogen) atoms. The second-order valence-electron chi connectivity index (χ2n) is 5.36. The molecule has 1 aromatic carbocycles. The Bertz CT molecular complexity index is 575. The first-order valence-electron chi connectivity index (χ1n) is 5.99. The molecule has 0 radical (unpaired) electrons. The number of halogens is 1. The van der Waals surface area contributed by atoms with Gasteiger partial charge in [-0.3, -0.25) is 0 Å². The van der Waals surface area contributed by atoms with E-state index in [1.807, 2.05) is 18.2 Å². The van der Waals surface area contributed by atoms with E-state index in [2.05, 4.69) is 47.1 Å². The Labute approximate surface area is 125 Å². The zero-order valence-electron chi connectivity index (χ0n) is 11.2. The molecular weight excluding hydrogens is 324 g/mol. The molecule has 0 saturated carbocycles. The van der Waals surface area contributed by atoms with E-state index in [1.165, 1.54) is 0 Å². The van der Waals surface area contributed by atoms with Crippen LogP contribution in [-0.4, -0.2) is 4.98 Å². The van der Waals surface area contributed by atoms with E-state index in [-0.39, 0.29) is 5.41 Å². The van der Waals surface area contributed by atoms with Crippen LogP contribution in [0, 0.1) is 0 Å². The van der Waals surface area contributed by atoms with E-state index in [0.29, 0.717) is 12.3 Å². The fourth-order valence-electron chi connectivity index (χ4n) is 1.49. The lowest BCUT2D eigenvalue weighted by molar-refractivity contribution is 0.303. The molecule has 0 fully saturated rings. The second-order valence-corrected chi connectivity index (χ2v) is 7.15. The normalized spacial score (nSPS) is 11.6. The van der Waals surface area contributed by atoms with Gasteiger partial charge in [0.05, 0.1) is 10.2 Å². The minimum atomic E-state index is 0.0759. The fraction of sp³-hybridized carbons (Fsp3) is 0.357. The van der Waals surface area contributed by atoms with Crippen LogP contribution in [0.4, 0.5) is 5.69 Å². The lowest BCUT2D eigenvalue weighted by Gasteiger charge is -2.14. The lowest BCUT2D eigenvalue weighted by Crippen LogP contribution is -2.11. The summed E-state index contributed by atoms with van der Waals surface area (Å²) in [5.74, 6) is 0.743. The molecule has 0 aliphatic carbocycles. The molecule has 1 aromatic heterocycles. The van der Waals surface area contributed by atoms with E-state index in [4.69, 9.17) is 10.5 Å². The van der Waals surface area contributed by atoms with Crippen molar-refractivity contribution in [2.45, 2.75) is 32.8 Å². The molecule has 2 N–H and O–H groups in total. The predicted octanol–water partition coefficient (Wildman–Crippen LogP) is 4.36. The number of nitrogens with two attached hydrogens (primary N) is 1. The van der Waals surface area contributed by atoms with Crippen molar-refractivity contribution in [2.24, 2.45) is 0 Å². The third kappa shape index (κ3) is 3.70. The molecule has 102 valence electrons. The number of ether oxygens (including phenoxy) is 1. The number of thiazole rings is 1. The third-order valence-corrected chi connectivity index (χ3v) is 4.10. The highest BCUT2D eigenvalue weighted by Gasteiger charge is 2.17. The summed E-state index contributed by atoms with van der Waals surface area (Å²) in [5.41, 5.74) is 7.61. The third-order valence-electron chi connectivity index (χ3n) is 2.63. The van der Waals surface area contributed by atoms with Gasteiger partial charge in [0.1, 0.15) is 17.4 Å². The van der Waals surface area contributed by atoms with Crippen LogP contribution in [0.5, 0.6) is 5.75 Å². The topological polar surface area (TPSA) is 48.1 Å². The summed E-state index contributed by atoms with van der Waals surface area (Å²) in [4.78, 5) is 4.60. The summed E-state index contributed by atoms with van der Waals surface area (Å²) < 4.78 is 6.65. The molecule has 0 amide bonds. The number of anilines is 1. The number of aromatic nitrogens is 1. The highest BCUT2D eigenvalue weighted by Crippen LogP contribution is 2.29. The van der Waals surface area contributed by atoms with Crippen LogP contribution in [0.2, 0.25) is 0 Å². The van der Waals surface area contributed by atoms with Gasteiger partial charge in [-0.1, -0.05) is 20.8 Å². The van der Waals surface area contributed by atoms with Gasteiger partial charge < -0.3 is 10.5 Å². The molecule has 0 atom stereocenters. The number of hydrogen-bond acceptors (Lipinski definition) is 4. The van der Waals surface area contributed by atoms with Crippen LogP contribution in [0.25, 0.3) is 0 Å². The summed E-state index contributed by atoms with van der Waals surface area (Å²) >= 11 is 5.07. The smallest absolute Gasteiger partial charge is 0.140 e. The first-order valence-corrected chi connectivity index (χ1v) is 7.66. The molecule has 1 heterocycles. The van der Waals surface area contributed by atoms with Crippen LogP contribution in [-0.2, 0) is 12.0 Å². The Morgan fingerprint density at radius 3 is 2.74 bits per heavy atom. The van der Waals surface area contributed by atoms with Gasteiger partial charge in [-0.25, -0.2) is 4.98 Å². The molecule has 0 bridgehead atoms. The SMILES string of the molecule is CC(C)(C)c1csc(COc2cc(N)ccc2Br)n1. The van der Waals surface area contributed by atoms with Crippen molar-refractivity contribution >= 4 is 33.0 Å². The molecule has 0 unspecified atom stereocenters. The molecule has 2 rings (SSSR count). The number of hydrogen-bond donors (Lipinski definition) is 1. The number of benzene rings is 1. The van der Waals surface area contributed by atoms with Crippen molar-refractivity contribution in [2.75, 3.05) is 5.73 Å². The summed E-state index contributed by atoms with van der Waals surface area (Å²) in [6.07, 6.45) is 0. The Morgan fingerprint density at radius 2 is 2.11 bits per heavy atom. The van der Waals surface area contributed by atoms with Gasteiger partial charge in [-0.15, -0.1) is 11.3 Å². The largest absolute Gasteiger partial charge is 0.485 e. The average molecular weight is 341 g/mol. The Morgan fingerprint density at radius 1 is 1.37 bits per heavy atom. The van der Waals surface area contributed by atoms with Gasteiger partial charge in [0.25, 0.3) is 0 Å². The zero-order chi connectivity index (χ0) is 14.0. The zero-order valence-corrected chi connectivity index (χ0v) is 13.6. The van der Waals surface area contributed by atoms with Crippen molar-refractivity contribution in [3.8, 4) is 5.75 Å². The Hall–Kier alpha value is -1.07. The molecule has 0 aliphatic rings. The molecule has 0 saturated heterocycles. The van der Waals surface area contributed by atoms with Gasteiger partial charge in [0.15, 0.2) is 0 Å². The van der Waals surface area contributed by atoms with Crippen LogP contribution in [0.1, 0.15) is 31.5 Å². The Kier molecular flexibility index (Phi) is 4.16. The van der Waals surface area contributed by atoms with Gasteiger partial charge in [-0.05, 0) is 28.1 Å². The van der Waals surface area contributed by atoms with Crippen molar-refractivity contribution in [1.82, 2.24) is 4.98 Å². The number of rotatable bonds is 3. The highest BCUT2D eigenvalue weighted by molar-refractivity contribution is 9.10. The summed E-state index contributed by atoms with van der Waals surface area (Å²) in [6.45, 7) is 6.92. The quantitative estimate of drug-likeness (QED) is 0.844. The fourth-order valence-corrected chi connectivity index (χ4v) is 2.78. The van der Waals surface area contributed by atoms with Crippen molar-refractivity contribution < 1.29 is 4.74 Å². The van der Waals surface area contributed by atoms with Gasteiger partial charge in [0.2, 0.25) is 0 Å². The first kappa shape index (κ1) is 14.3. The maximum atomic E-state index is 5.75. The lowest BCUT2D eigenvalue weighted by atomic mass is 9.93. The monoisotopic (exact) mass is 340 g/mol. The van der Waals surface area contributed by atoms with Crippen molar-refractivity contribution in [3.05, 3.63) is 38.8 Å². The molecule has 2 aromatic rings. The van der Waals surface area contributed by atoms with E-state index < -0.39 is 0 Å². The maximum Gasteiger partial charge on any atom is 0.140 e. The summed E-state index contributed by atoms with van der Waals surface area (Å²) in [7, 11) is 0. The summed E-state index contributed by atoms with van der Waals surface area (Å²) in [6, 6.07) is 5.52. The maximum absolute atomic E-state index is 5.75. The highest BCUT2D eigenvalue weighted by atomic mass is 79.9. The van der Waals surface area contributed by atoms with E-state index >= 15 is 0 Å². The van der Waals surface area contributed by atoms with Gasteiger partial charge >= 0.3 is 0 Å². The summed E-state index contributed by atoms with van der Waals surface area (Å²) in [5, 5.41) is 3.06. The predicted molar refractivity (Wildman–Crippen MR) is 83.7 cm³/mol. The Balaban J connectivity index is 2.06. The van der Waals surface area contributed by atoms with Crippen LogP contribution < -0.4 is 10.5 Å². The van der Waals surface area contributed by atoms with Crippen LogP contribution >= 0.6 is 27.3 Å². The van der Waals surface area contributed by atoms with E-state index in [1.54, 1.807) is 11.3 Å². The number of nitrogen functional groups attached to an aromatic ring is 1. The van der Waals surface area contributed by atoms with E-state index in [0.717, 1.165) is 20.9 Å². The first-order chi connectivity index (χ1) is 8.86. The van der Waals surface area contributed by atoms with Crippen LogP contribution in [0.3, 0.4) is 0 Å². The second kappa shape index (κ2) is 5.51. The van der Waals surface area contributed by atoms with Gasteiger partial charge in [-0.2, -0.15) is 0 Å². The van der Waals surface area contributed by atoms with Crippen molar-refractivity contribution in [3.63, 3.8) is 0 Å². The van der Waals surface area contributed by atoms with Gasteiger partial charge in [0, 0.05) is 22.5 Å². The minimum Gasteiger partial charge on any atom is -0.485 e. The number of nitrogens with zero attached hydrogens (tertiary/aromatic N) is 1. The minimum absolute atomic E-state index is 0.0759. The average Bonchev–Trinajstić information content (AvgIpc) is 2.79. The molecule has 5 heteroatoms.